The van der Waals surface area contributed by atoms with Crippen molar-refractivity contribution in [2.45, 2.75) is 0 Å². The molecule has 0 heterocycles. The predicted molar refractivity (Wildman–Crippen MR) is 64.3 cm³/mol. The Bertz CT molecular complexity index is 383. The molecule has 1 radical (unpaired) electrons. The van der Waals surface area contributed by atoms with Crippen LogP contribution in [0, 0.1) is 6.92 Å². The summed E-state index contributed by atoms with van der Waals surface area (Å²) in [6.45, 7) is 3.11. The third-order valence-electron chi connectivity index (χ3n) is 1.44. The molecule has 0 saturated carbocycles. The number of nitrogens with one attached hydrogen (secondary N) is 3. The minimum Gasteiger partial charge on any atom is -0.330 e. The van der Waals surface area contributed by atoms with Gasteiger partial charge in [-0.05, 0) is 24.4 Å². The van der Waals surface area contributed by atoms with Gasteiger partial charge in [0.25, 0.3) is 0 Å². The van der Waals surface area contributed by atoms with E-state index < -0.39 is 5.91 Å². The highest BCUT2D eigenvalue weighted by Crippen LogP contribution is 2.19. The molecule has 0 bridgehead atoms. The zero-order valence-corrected chi connectivity index (χ0v) is 9.28. The number of hydrogen-bond acceptors (Lipinski definition) is 2. The fraction of sp³-hybridized carbons (Fsp3) is 0. The van der Waals surface area contributed by atoms with Crippen molar-refractivity contribution in [2.75, 3.05) is 5.32 Å². The van der Waals surface area contributed by atoms with Crippen molar-refractivity contribution >= 4 is 40.5 Å². The molecule has 6 heteroatoms. The smallest absolute Gasteiger partial charge is 0.238 e. The summed E-state index contributed by atoms with van der Waals surface area (Å²) < 4.78 is 0. The average molecular weight is 243 g/mol. The van der Waals surface area contributed by atoms with E-state index in [1.165, 1.54) is 0 Å². The number of hydrogen-bond donors (Lipinski definition) is 3. The van der Waals surface area contributed by atoms with Crippen LogP contribution in [0.25, 0.3) is 0 Å². The number of rotatable bonds is 1. The molecule has 0 aromatic heterocycles. The summed E-state index contributed by atoms with van der Waals surface area (Å²) in [5.74, 6) is -0.474. The number of halogens is 1. The van der Waals surface area contributed by atoms with E-state index in [0.29, 0.717) is 10.7 Å². The zero-order chi connectivity index (χ0) is 11.3. The van der Waals surface area contributed by atoms with Crippen LogP contribution in [0.15, 0.2) is 24.3 Å². The molecule has 0 saturated heterocycles. The second-order valence-electron chi connectivity index (χ2n) is 2.61. The van der Waals surface area contributed by atoms with Gasteiger partial charge in [-0.3, -0.25) is 15.6 Å². The van der Waals surface area contributed by atoms with E-state index in [1.54, 1.807) is 12.1 Å². The molecule has 79 valence electrons. The minimum absolute atomic E-state index is 0.236. The van der Waals surface area contributed by atoms with E-state index in [0.717, 1.165) is 0 Å². The highest BCUT2D eigenvalue weighted by Gasteiger charge is 2.01. The number of hydrazine groups is 1. The molecule has 0 aliphatic carbocycles. The largest absolute Gasteiger partial charge is 0.330 e. The standard InChI is InChI=1S/C9H9ClN3OS/c1-6(14)12-13-9(15)11-8-5-3-2-4-7(8)10/h2-5H,1H2,(H,12,14)(H2,11,13,15). The lowest BCUT2D eigenvalue weighted by atomic mass is 10.3. The lowest BCUT2D eigenvalue weighted by Crippen LogP contribution is -2.42. The molecule has 0 aliphatic rings. The second-order valence-corrected chi connectivity index (χ2v) is 3.42. The van der Waals surface area contributed by atoms with Gasteiger partial charge in [0.2, 0.25) is 5.91 Å². The minimum atomic E-state index is -0.474. The van der Waals surface area contributed by atoms with Gasteiger partial charge in [0.05, 0.1) is 10.7 Å². The highest BCUT2D eigenvalue weighted by molar-refractivity contribution is 7.80. The third kappa shape index (κ3) is 4.14. The Morgan fingerprint density at radius 1 is 1.33 bits per heavy atom. The molecule has 1 amide bonds. The molecule has 0 spiro atoms. The predicted octanol–water partition coefficient (Wildman–Crippen LogP) is 1.49. The first-order valence-electron chi connectivity index (χ1n) is 4.03. The SMILES string of the molecule is [CH2]C(=O)NNC(=S)Nc1ccccc1Cl. The molecule has 0 unspecified atom stereocenters. The van der Waals surface area contributed by atoms with Gasteiger partial charge < -0.3 is 5.32 Å². The summed E-state index contributed by atoms with van der Waals surface area (Å²) >= 11 is 10.8. The number of thiocarbonyl (C=S) groups is 1. The van der Waals surface area contributed by atoms with Crippen LogP contribution in [0.3, 0.4) is 0 Å². The average Bonchev–Trinajstić information content (AvgIpc) is 2.18. The van der Waals surface area contributed by atoms with Gasteiger partial charge in [0.15, 0.2) is 5.11 Å². The molecule has 1 aromatic carbocycles. The summed E-state index contributed by atoms with van der Waals surface area (Å²) in [6.07, 6.45) is 0. The van der Waals surface area contributed by atoms with E-state index in [1.807, 2.05) is 12.1 Å². The summed E-state index contributed by atoms with van der Waals surface area (Å²) in [4.78, 5) is 10.5. The Kier molecular flexibility index (Phi) is 4.33. The first-order chi connectivity index (χ1) is 7.09. The van der Waals surface area contributed by atoms with Crippen LogP contribution in [0.2, 0.25) is 5.02 Å². The fourth-order valence-electron chi connectivity index (χ4n) is 0.843. The number of para-hydroxylation sites is 1. The summed E-state index contributed by atoms with van der Waals surface area (Å²) in [6, 6.07) is 7.12. The lowest BCUT2D eigenvalue weighted by molar-refractivity contribution is -0.117. The number of carbonyl (C=O) groups excluding carboxylic acids is 1. The van der Waals surface area contributed by atoms with E-state index >= 15 is 0 Å². The van der Waals surface area contributed by atoms with Crippen molar-refractivity contribution in [1.82, 2.24) is 10.9 Å². The summed E-state index contributed by atoms with van der Waals surface area (Å²) in [5, 5.41) is 3.59. The van der Waals surface area contributed by atoms with Gasteiger partial charge in [-0.15, -0.1) is 0 Å². The van der Waals surface area contributed by atoms with Gasteiger partial charge >= 0.3 is 0 Å². The Labute approximate surface area is 98.0 Å². The number of anilines is 1. The van der Waals surface area contributed by atoms with Crippen LogP contribution >= 0.6 is 23.8 Å². The first kappa shape index (κ1) is 11.7. The van der Waals surface area contributed by atoms with E-state index in [2.05, 4.69) is 23.1 Å². The van der Waals surface area contributed by atoms with Crippen LogP contribution in [0.4, 0.5) is 5.69 Å². The van der Waals surface area contributed by atoms with Crippen molar-refractivity contribution in [3.05, 3.63) is 36.2 Å². The zero-order valence-electron chi connectivity index (χ0n) is 7.71. The van der Waals surface area contributed by atoms with Crippen molar-refractivity contribution in [1.29, 1.82) is 0 Å². The molecule has 1 aromatic rings. The lowest BCUT2D eigenvalue weighted by Gasteiger charge is -2.11. The van der Waals surface area contributed by atoms with Crippen LogP contribution in [0.5, 0.6) is 0 Å². The third-order valence-corrected chi connectivity index (χ3v) is 1.97. The van der Waals surface area contributed by atoms with E-state index in [-0.39, 0.29) is 5.11 Å². The first-order valence-corrected chi connectivity index (χ1v) is 4.81. The van der Waals surface area contributed by atoms with Crippen molar-refractivity contribution in [3.63, 3.8) is 0 Å². The second kappa shape index (κ2) is 5.53. The van der Waals surface area contributed by atoms with Crippen LogP contribution in [-0.2, 0) is 4.79 Å². The Hall–Kier alpha value is -1.33. The molecule has 0 fully saturated rings. The maximum atomic E-state index is 10.5. The van der Waals surface area contributed by atoms with Crippen LogP contribution < -0.4 is 16.2 Å². The van der Waals surface area contributed by atoms with Crippen molar-refractivity contribution in [2.24, 2.45) is 0 Å². The normalized spacial score (nSPS) is 9.20. The molecular weight excluding hydrogens is 234 g/mol. The topological polar surface area (TPSA) is 53.2 Å². The number of amides is 1. The molecule has 0 atom stereocenters. The van der Waals surface area contributed by atoms with Crippen LogP contribution in [-0.4, -0.2) is 11.0 Å². The van der Waals surface area contributed by atoms with Crippen molar-refractivity contribution in [3.8, 4) is 0 Å². The van der Waals surface area contributed by atoms with Gasteiger partial charge in [-0.2, -0.15) is 0 Å². The monoisotopic (exact) mass is 242 g/mol. The maximum Gasteiger partial charge on any atom is 0.238 e. The molecular formula is C9H9ClN3OS. The Balaban J connectivity index is 2.52. The van der Waals surface area contributed by atoms with E-state index in [9.17, 15) is 4.79 Å². The van der Waals surface area contributed by atoms with Crippen molar-refractivity contribution < 1.29 is 4.79 Å². The Morgan fingerprint density at radius 3 is 2.60 bits per heavy atom. The van der Waals surface area contributed by atoms with E-state index in [4.69, 9.17) is 23.8 Å². The summed E-state index contributed by atoms with van der Waals surface area (Å²) in [5.41, 5.74) is 5.36. The molecule has 1 rings (SSSR count). The van der Waals surface area contributed by atoms with Gasteiger partial charge in [-0.25, -0.2) is 0 Å². The number of benzene rings is 1. The maximum absolute atomic E-state index is 10.5. The quantitative estimate of drug-likeness (QED) is 0.516. The highest BCUT2D eigenvalue weighted by atomic mass is 35.5. The van der Waals surface area contributed by atoms with Crippen LogP contribution in [0.1, 0.15) is 0 Å². The molecule has 15 heavy (non-hydrogen) atoms. The summed E-state index contributed by atoms with van der Waals surface area (Å²) in [7, 11) is 0. The fourth-order valence-corrected chi connectivity index (χ4v) is 1.19. The van der Waals surface area contributed by atoms with Gasteiger partial charge in [-0.1, -0.05) is 23.7 Å². The molecule has 4 nitrogen and oxygen atoms in total. The molecule has 3 N–H and O–H groups in total. The Morgan fingerprint density at radius 2 is 2.00 bits per heavy atom. The molecule has 0 aliphatic heterocycles. The van der Waals surface area contributed by atoms with Gasteiger partial charge in [0.1, 0.15) is 0 Å². The van der Waals surface area contributed by atoms with Gasteiger partial charge in [0, 0.05) is 6.92 Å². The number of carbonyl (C=O) groups is 1.